The second-order valence-corrected chi connectivity index (χ2v) is 16.2. The summed E-state index contributed by atoms with van der Waals surface area (Å²) >= 11 is 5.57. The smallest absolute Gasteiger partial charge is 0.321 e. The summed E-state index contributed by atoms with van der Waals surface area (Å²) in [5, 5.41) is 10.5. The molecule has 2 unspecified atom stereocenters. The van der Waals surface area contributed by atoms with Crippen LogP contribution in [0.4, 0.5) is 0 Å². The van der Waals surface area contributed by atoms with E-state index in [9.17, 15) is 24.3 Å². The Kier molecular flexibility index (Phi) is 37.1. The summed E-state index contributed by atoms with van der Waals surface area (Å²) in [6.07, 6.45) is 31.7. The summed E-state index contributed by atoms with van der Waals surface area (Å²) in [4.78, 5) is 47.6. The van der Waals surface area contributed by atoms with Crippen LogP contribution in [-0.4, -0.2) is 60.3 Å². The summed E-state index contributed by atoms with van der Waals surface area (Å²) < 4.78 is 21.5. The highest BCUT2D eigenvalue weighted by Gasteiger charge is 2.21. The van der Waals surface area contributed by atoms with Gasteiger partial charge < -0.3 is 24.1 Å². The van der Waals surface area contributed by atoms with E-state index in [2.05, 4.69) is 13.0 Å². The number of unbranched alkanes of at least 4 members (excludes halogenated alkanes) is 21. The number of aliphatic hydroxyl groups is 1. The molecule has 1 rings (SSSR count). The quantitative estimate of drug-likeness (QED) is 0.0225. The molecule has 1 aromatic carbocycles. The van der Waals surface area contributed by atoms with E-state index in [1.165, 1.54) is 25.7 Å². The molecule has 1 N–H and O–H groups in total. The molecule has 0 radical (unpaired) electrons. The molecule has 9 nitrogen and oxygen atoms in total. The predicted molar refractivity (Wildman–Crippen MR) is 238 cm³/mol. The maximum Gasteiger partial charge on any atom is 0.321 e. The highest BCUT2D eigenvalue weighted by atomic mass is 35.5. The van der Waals surface area contributed by atoms with Gasteiger partial charge in [-0.3, -0.25) is 19.2 Å². The van der Waals surface area contributed by atoms with E-state index in [0.717, 1.165) is 140 Å². The van der Waals surface area contributed by atoms with E-state index in [0.29, 0.717) is 51.9 Å². The molecule has 2 atom stereocenters. The van der Waals surface area contributed by atoms with Crippen molar-refractivity contribution in [2.75, 3.05) is 19.1 Å². The first-order valence-electron chi connectivity index (χ1n) is 23.4. The Morgan fingerprint density at radius 3 is 1.51 bits per heavy atom. The lowest BCUT2D eigenvalue weighted by Gasteiger charge is -2.22. The number of halogens is 1. The number of benzene rings is 1. The number of rotatable bonds is 41. The third-order valence-corrected chi connectivity index (χ3v) is 10.7. The van der Waals surface area contributed by atoms with Crippen LogP contribution in [0.2, 0.25) is 0 Å². The van der Waals surface area contributed by atoms with Crippen molar-refractivity contribution < 1.29 is 43.2 Å². The molecule has 59 heavy (non-hydrogen) atoms. The lowest BCUT2D eigenvalue weighted by Crippen LogP contribution is -2.31. The topological polar surface area (TPSA) is 125 Å². The minimum absolute atomic E-state index is 0.0751. The molecule has 0 aromatic heterocycles. The van der Waals surface area contributed by atoms with Crippen molar-refractivity contribution in [2.45, 2.75) is 218 Å². The lowest BCUT2D eigenvalue weighted by atomic mass is 10.0. The molecular weight excluding hydrogens is 768 g/mol. The monoisotopic (exact) mass is 849 g/mol. The third kappa shape index (κ3) is 35.5. The Bertz CT molecular complexity index is 1190. The SMILES string of the molecule is CCCCCC(OC(=O)CCl)C(O)CC=CCCCCCCCC(=O)OCCCCCCCCCCOC(=O)CCCCCCCCCCC(=O)OCc1ccccc1. The number of carbonyl (C=O) groups excluding carboxylic acids is 4. The molecular formula is C49H81ClO9. The fourth-order valence-corrected chi connectivity index (χ4v) is 6.95. The molecule has 0 amide bonds. The fourth-order valence-electron chi connectivity index (χ4n) is 6.88. The molecule has 0 spiro atoms. The molecule has 338 valence electrons. The average Bonchev–Trinajstić information content (AvgIpc) is 3.24. The van der Waals surface area contributed by atoms with Crippen molar-refractivity contribution in [1.29, 1.82) is 0 Å². The van der Waals surface area contributed by atoms with Crippen LogP contribution in [0.3, 0.4) is 0 Å². The number of hydrogen-bond acceptors (Lipinski definition) is 9. The van der Waals surface area contributed by atoms with Crippen LogP contribution < -0.4 is 0 Å². The predicted octanol–water partition coefficient (Wildman–Crippen LogP) is 12.6. The number of carbonyl (C=O) groups is 4. The van der Waals surface area contributed by atoms with Gasteiger partial charge in [0.1, 0.15) is 18.6 Å². The number of ether oxygens (including phenoxy) is 4. The second-order valence-electron chi connectivity index (χ2n) is 16.0. The van der Waals surface area contributed by atoms with Crippen molar-refractivity contribution in [1.82, 2.24) is 0 Å². The molecule has 0 fully saturated rings. The van der Waals surface area contributed by atoms with E-state index >= 15 is 0 Å². The first-order chi connectivity index (χ1) is 28.8. The van der Waals surface area contributed by atoms with E-state index in [-0.39, 0.29) is 23.8 Å². The van der Waals surface area contributed by atoms with E-state index in [4.69, 9.17) is 30.5 Å². The lowest BCUT2D eigenvalue weighted by molar-refractivity contribution is -0.152. The molecule has 0 aliphatic rings. The van der Waals surface area contributed by atoms with Gasteiger partial charge in [-0.2, -0.15) is 0 Å². The largest absolute Gasteiger partial charge is 0.466 e. The van der Waals surface area contributed by atoms with E-state index in [1.54, 1.807) is 0 Å². The summed E-state index contributed by atoms with van der Waals surface area (Å²) in [6, 6.07) is 9.76. The van der Waals surface area contributed by atoms with Gasteiger partial charge >= 0.3 is 23.9 Å². The molecule has 0 saturated heterocycles. The maximum atomic E-state index is 12.1. The normalized spacial score (nSPS) is 12.3. The fraction of sp³-hybridized carbons (Fsp3) is 0.755. The summed E-state index contributed by atoms with van der Waals surface area (Å²) in [6.45, 7) is 3.49. The zero-order valence-corrected chi connectivity index (χ0v) is 37.6. The van der Waals surface area contributed by atoms with Gasteiger partial charge in [0.05, 0.1) is 19.3 Å². The van der Waals surface area contributed by atoms with Crippen molar-refractivity contribution >= 4 is 35.5 Å². The van der Waals surface area contributed by atoms with Crippen LogP contribution in [0.25, 0.3) is 0 Å². The molecule has 0 aliphatic carbocycles. The molecule has 0 aliphatic heterocycles. The zero-order valence-electron chi connectivity index (χ0n) is 36.8. The van der Waals surface area contributed by atoms with Gasteiger partial charge in [-0.1, -0.05) is 159 Å². The van der Waals surface area contributed by atoms with Crippen LogP contribution in [0.5, 0.6) is 0 Å². The van der Waals surface area contributed by atoms with E-state index < -0.39 is 18.2 Å². The summed E-state index contributed by atoms with van der Waals surface area (Å²) in [7, 11) is 0. The first kappa shape index (κ1) is 54.1. The number of allylic oxidation sites excluding steroid dienone is 1. The van der Waals surface area contributed by atoms with Crippen LogP contribution >= 0.6 is 11.6 Å². The highest BCUT2D eigenvalue weighted by molar-refractivity contribution is 6.26. The Morgan fingerprint density at radius 2 is 1.02 bits per heavy atom. The molecule has 1 aromatic rings. The Balaban J connectivity index is 1.81. The minimum atomic E-state index is -0.716. The Hall–Kier alpha value is -2.91. The van der Waals surface area contributed by atoms with Gasteiger partial charge in [-0.15, -0.1) is 11.6 Å². The number of hydrogen-bond donors (Lipinski definition) is 1. The Morgan fingerprint density at radius 1 is 0.559 bits per heavy atom. The zero-order chi connectivity index (χ0) is 42.9. The molecule has 0 heterocycles. The van der Waals surface area contributed by atoms with Gasteiger partial charge in [0.25, 0.3) is 0 Å². The van der Waals surface area contributed by atoms with Crippen LogP contribution in [0.1, 0.15) is 205 Å². The van der Waals surface area contributed by atoms with Crippen molar-refractivity contribution in [2.24, 2.45) is 0 Å². The highest BCUT2D eigenvalue weighted by Crippen LogP contribution is 2.16. The van der Waals surface area contributed by atoms with Crippen LogP contribution in [0, 0.1) is 0 Å². The number of alkyl halides is 1. The van der Waals surface area contributed by atoms with Gasteiger partial charge in [0.2, 0.25) is 0 Å². The summed E-state index contributed by atoms with van der Waals surface area (Å²) in [5.74, 6) is -0.974. The van der Waals surface area contributed by atoms with Crippen LogP contribution in [0.15, 0.2) is 42.5 Å². The van der Waals surface area contributed by atoms with Crippen molar-refractivity contribution in [3.05, 3.63) is 48.0 Å². The average molecular weight is 850 g/mol. The van der Waals surface area contributed by atoms with Crippen molar-refractivity contribution in [3.8, 4) is 0 Å². The van der Waals surface area contributed by atoms with Gasteiger partial charge in [0, 0.05) is 19.3 Å². The molecule has 10 heteroatoms. The molecule has 0 saturated carbocycles. The minimum Gasteiger partial charge on any atom is -0.466 e. The third-order valence-electron chi connectivity index (χ3n) is 10.5. The standard InChI is InChI=1S/C49H81ClO9/c1-2-3-23-35-45(59-49(55)41-50)44(51)34-26-16-10-4-5-11-17-27-36-46(52)56-39-30-20-14-8-9-15-21-31-40-57-47(53)37-28-18-12-6-7-13-19-29-38-48(54)58-42-43-32-24-22-25-33-43/h16,22,24-26,32-33,44-45,51H,2-15,17-21,23,27-31,34-42H2,1H3. The second kappa shape index (κ2) is 40.5. The first-order valence-corrected chi connectivity index (χ1v) is 24.0. The maximum absolute atomic E-state index is 12.1. The van der Waals surface area contributed by atoms with Gasteiger partial charge in [-0.05, 0) is 69.8 Å². The number of aliphatic hydroxyl groups excluding tert-OH is 1. The molecule has 0 bridgehead atoms. The number of esters is 4. The Labute approximate surface area is 363 Å². The van der Waals surface area contributed by atoms with E-state index in [1.807, 2.05) is 36.4 Å². The van der Waals surface area contributed by atoms with Gasteiger partial charge in [0.15, 0.2) is 0 Å². The van der Waals surface area contributed by atoms with Crippen LogP contribution in [-0.2, 0) is 44.7 Å². The summed E-state index contributed by atoms with van der Waals surface area (Å²) in [5.41, 5.74) is 1.02. The van der Waals surface area contributed by atoms with Crippen molar-refractivity contribution in [3.63, 3.8) is 0 Å². The van der Waals surface area contributed by atoms with Gasteiger partial charge in [-0.25, -0.2) is 0 Å².